The van der Waals surface area contributed by atoms with E-state index in [1.54, 1.807) is 12.1 Å². The predicted molar refractivity (Wildman–Crippen MR) is 77.6 cm³/mol. The van der Waals surface area contributed by atoms with Gasteiger partial charge in [0.05, 0.1) is 5.69 Å². The van der Waals surface area contributed by atoms with Crippen molar-refractivity contribution in [3.05, 3.63) is 46.3 Å². The summed E-state index contributed by atoms with van der Waals surface area (Å²) >= 11 is 0. The third-order valence-corrected chi connectivity index (χ3v) is 3.35. The summed E-state index contributed by atoms with van der Waals surface area (Å²) in [5.41, 5.74) is 9.75. The minimum atomic E-state index is -0.110. The highest BCUT2D eigenvalue weighted by Crippen LogP contribution is 2.14. The number of nitrogen functional groups attached to an aromatic ring is 1. The zero-order valence-corrected chi connectivity index (χ0v) is 12.0. The number of benzene rings is 1. The van der Waals surface area contributed by atoms with Crippen LogP contribution in [0.15, 0.2) is 22.7 Å². The van der Waals surface area contributed by atoms with Gasteiger partial charge in [-0.2, -0.15) is 0 Å². The first-order chi connectivity index (χ1) is 9.49. The highest BCUT2D eigenvalue weighted by Gasteiger charge is 2.11. The molecule has 0 aliphatic rings. The molecule has 0 radical (unpaired) electrons. The van der Waals surface area contributed by atoms with Crippen LogP contribution in [0.3, 0.4) is 0 Å². The first kappa shape index (κ1) is 14.1. The van der Waals surface area contributed by atoms with Crippen molar-refractivity contribution < 1.29 is 9.32 Å². The number of nitrogens with two attached hydrogens (primary N) is 1. The van der Waals surface area contributed by atoms with E-state index in [1.165, 1.54) is 0 Å². The van der Waals surface area contributed by atoms with Gasteiger partial charge in [-0.05, 0) is 44.9 Å². The van der Waals surface area contributed by atoms with Crippen molar-refractivity contribution in [3.63, 3.8) is 0 Å². The molecule has 0 aliphatic carbocycles. The van der Waals surface area contributed by atoms with Crippen LogP contribution >= 0.6 is 0 Å². The Morgan fingerprint density at radius 3 is 2.75 bits per heavy atom. The largest absolute Gasteiger partial charge is 0.399 e. The van der Waals surface area contributed by atoms with Gasteiger partial charge in [-0.25, -0.2) is 0 Å². The molecule has 0 fully saturated rings. The van der Waals surface area contributed by atoms with Crippen molar-refractivity contribution in [1.29, 1.82) is 0 Å². The van der Waals surface area contributed by atoms with E-state index < -0.39 is 0 Å². The number of amides is 1. The molecule has 5 nitrogen and oxygen atoms in total. The van der Waals surface area contributed by atoms with Crippen molar-refractivity contribution in [3.8, 4) is 0 Å². The molecule has 5 heteroatoms. The van der Waals surface area contributed by atoms with Gasteiger partial charge in [-0.3, -0.25) is 4.79 Å². The Morgan fingerprint density at radius 2 is 2.10 bits per heavy atom. The molecule has 2 rings (SSSR count). The van der Waals surface area contributed by atoms with Gasteiger partial charge in [-0.15, -0.1) is 0 Å². The Kier molecular flexibility index (Phi) is 4.08. The molecule has 0 bridgehead atoms. The molecule has 0 saturated carbocycles. The molecule has 20 heavy (non-hydrogen) atoms. The average molecular weight is 273 g/mol. The summed E-state index contributed by atoms with van der Waals surface area (Å²) in [4.78, 5) is 12.1. The number of aromatic nitrogens is 1. The second-order valence-electron chi connectivity index (χ2n) is 4.88. The fourth-order valence-electron chi connectivity index (χ4n) is 2.14. The van der Waals surface area contributed by atoms with Crippen LogP contribution in [0, 0.1) is 20.8 Å². The Morgan fingerprint density at radius 1 is 1.35 bits per heavy atom. The van der Waals surface area contributed by atoms with Crippen molar-refractivity contribution in [2.75, 3.05) is 12.3 Å². The van der Waals surface area contributed by atoms with Crippen LogP contribution in [0.4, 0.5) is 5.69 Å². The Balaban J connectivity index is 1.97. The highest BCUT2D eigenvalue weighted by molar-refractivity contribution is 5.96. The summed E-state index contributed by atoms with van der Waals surface area (Å²) in [5.74, 6) is 0.693. The summed E-state index contributed by atoms with van der Waals surface area (Å²) in [6.45, 7) is 6.20. The number of hydrogen-bond donors (Lipinski definition) is 2. The second kappa shape index (κ2) is 5.77. The van der Waals surface area contributed by atoms with Crippen LogP contribution in [-0.4, -0.2) is 17.6 Å². The van der Waals surface area contributed by atoms with Crippen molar-refractivity contribution >= 4 is 11.6 Å². The predicted octanol–water partition coefficient (Wildman–Crippen LogP) is 2.15. The van der Waals surface area contributed by atoms with Gasteiger partial charge in [0.25, 0.3) is 5.91 Å². The quantitative estimate of drug-likeness (QED) is 0.836. The Hall–Kier alpha value is -2.30. The fourth-order valence-corrected chi connectivity index (χ4v) is 2.14. The van der Waals surface area contributed by atoms with Crippen LogP contribution in [0.2, 0.25) is 0 Å². The number of aryl methyl sites for hydroxylation is 3. The highest BCUT2D eigenvalue weighted by atomic mass is 16.5. The van der Waals surface area contributed by atoms with Crippen LogP contribution in [-0.2, 0) is 6.42 Å². The summed E-state index contributed by atoms with van der Waals surface area (Å²) in [6.07, 6.45) is 0.703. The van der Waals surface area contributed by atoms with Gasteiger partial charge in [0, 0.05) is 23.4 Å². The first-order valence-corrected chi connectivity index (χ1v) is 6.55. The molecule has 0 unspecified atom stereocenters. The maximum atomic E-state index is 12.1. The van der Waals surface area contributed by atoms with E-state index in [1.807, 2.05) is 26.8 Å². The first-order valence-electron chi connectivity index (χ1n) is 6.55. The lowest BCUT2D eigenvalue weighted by atomic mass is 10.1. The lowest BCUT2D eigenvalue weighted by Gasteiger charge is -2.08. The normalized spacial score (nSPS) is 10.6. The van der Waals surface area contributed by atoms with E-state index in [0.29, 0.717) is 24.2 Å². The van der Waals surface area contributed by atoms with Gasteiger partial charge in [0.1, 0.15) is 5.76 Å². The second-order valence-corrected chi connectivity index (χ2v) is 4.88. The number of rotatable bonds is 4. The molecule has 106 valence electrons. The molecule has 1 amide bonds. The zero-order valence-electron chi connectivity index (χ0n) is 12.0. The lowest BCUT2D eigenvalue weighted by molar-refractivity contribution is 0.0953. The minimum Gasteiger partial charge on any atom is -0.399 e. The topological polar surface area (TPSA) is 81.2 Å². The van der Waals surface area contributed by atoms with Crippen LogP contribution in [0.1, 0.15) is 32.9 Å². The molecule has 0 spiro atoms. The van der Waals surface area contributed by atoms with E-state index in [9.17, 15) is 4.79 Å². The van der Waals surface area contributed by atoms with Crippen LogP contribution in [0.5, 0.6) is 0 Å². The van der Waals surface area contributed by atoms with E-state index in [4.69, 9.17) is 10.3 Å². The summed E-state index contributed by atoms with van der Waals surface area (Å²) in [7, 11) is 0. The third kappa shape index (κ3) is 2.99. The molecule has 2 aromatic rings. The maximum Gasteiger partial charge on any atom is 0.251 e. The standard InChI is InChI=1S/C15H19N3O2/c1-9-4-5-12(16)8-14(9)15(19)17-7-6-13-10(2)18-20-11(13)3/h4-5,8H,6-7,16H2,1-3H3,(H,17,19). The smallest absolute Gasteiger partial charge is 0.251 e. The molecular formula is C15H19N3O2. The van der Waals surface area contributed by atoms with E-state index in [2.05, 4.69) is 10.5 Å². The number of nitrogens with one attached hydrogen (secondary N) is 1. The number of nitrogens with zero attached hydrogens (tertiary/aromatic N) is 1. The van der Waals surface area contributed by atoms with Gasteiger partial charge in [-0.1, -0.05) is 11.2 Å². The van der Waals surface area contributed by atoms with Gasteiger partial charge < -0.3 is 15.6 Å². The molecule has 3 N–H and O–H groups in total. The van der Waals surface area contributed by atoms with Crippen molar-refractivity contribution in [2.45, 2.75) is 27.2 Å². The minimum absolute atomic E-state index is 0.110. The van der Waals surface area contributed by atoms with Crippen LogP contribution in [0.25, 0.3) is 0 Å². The molecule has 1 heterocycles. The SMILES string of the molecule is Cc1ccc(N)cc1C(=O)NCCc1c(C)noc1C. The van der Waals surface area contributed by atoms with Gasteiger partial charge in [0.15, 0.2) is 0 Å². The average Bonchev–Trinajstić information content (AvgIpc) is 2.73. The number of carbonyl (C=O) groups excluding carboxylic acids is 1. The fraction of sp³-hybridized carbons (Fsp3) is 0.333. The Labute approximate surface area is 118 Å². The molecule has 1 aromatic heterocycles. The molecule has 0 aliphatic heterocycles. The lowest BCUT2D eigenvalue weighted by Crippen LogP contribution is -2.26. The molecular weight excluding hydrogens is 254 g/mol. The number of hydrogen-bond acceptors (Lipinski definition) is 4. The van der Waals surface area contributed by atoms with E-state index >= 15 is 0 Å². The molecule has 1 aromatic carbocycles. The van der Waals surface area contributed by atoms with Crippen molar-refractivity contribution in [2.24, 2.45) is 0 Å². The molecule has 0 saturated heterocycles. The summed E-state index contributed by atoms with van der Waals surface area (Å²) < 4.78 is 5.09. The van der Waals surface area contributed by atoms with Crippen molar-refractivity contribution in [1.82, 2.24) is 10.5 Å². The maximum absolute atomic E-state index is 12.1. The number of carbonyl (C=O) groups is 1. The summed E-state index contributed by atoms with van der Waals surface area (Å²) in [5, 5.41) is 6.79. The monoisotopic (exact) mass is 273 g/mol. The third-order valence-electron chi connectivity index (χ3n) is 3.35. The zero-order chi connectivity index (χ0) is 14.7. The Bertz CT molecular complexity index is 613. The van der Waals surface area contributed by atoms with Crippen LogP contribution < -0.4 is 11.1 Å². The number of anilines is 1. The molecule has 0 atom stereocenters. The summed E-state index contributed by atoms with van der Waals surface area (Å²) in [6, 6.07) is 5.33. The van der Waals surface area contributed by atoms with E-state index in [-0.39, 0.29) is 5.91 Å². The van der Waals surface area contributed by atoms with Gasteiger partial charge >= 0.3 is 0 Å². The van der Waals surface area contributed by atoms with E-state index in [0.717, 1.165) is 22.6 Å². The van der Waals surface area contributed by atoms with Gasteiger partial charge in [0.2, 0.25) is 0 Å².